The van der Waals surface area contributed by atoms with Crippen LogP contribution in [0.5, 0.6) is 11.5 Å². The summed E-state index contributed by atoms with van der Waals surface area (Å²) in [4.78, 5) is 12.1. The molecule has 0 amide bonds. The fraction of sp³-hybridized carbons (Fsp3) is 0.435. The lowest BCUT2D eigenvalue weighted by atomic mass is 10.0. The smallest absolute Gasteiger partial charge is 0.329 e. The number of hydrogen-bond donors (Lipinski definition) is 0. The molecule has 0 spiro atoms. The number of esters is 1. The highest BCUT2D eigenvalue weighted by atomic mass is 35.5. The van der Waals surface area contributed by atoms with Gasteiger partial charge in [-0.1, -0.05) is 64.3 Å². The number of ether oxygens (including phenoxy) is 2. The van der Waals surface area contributed by atoms with Crippen LogP contribution in [0.2, 0.25) is 0 Å². The van der Waals surface area contributed by atoms with Crippen molar-refractivity contribution in [2.24, 2.45) is 5.92 Å². The molecule has 146 valence electrons. The van der Waals surface area contributed by atoms with Gasteiger partial charge in [-0.3, -0.25) is 4.79 Å². The van der Waals surface area contributed by atoms with E-state index >= 15 is 0 Å². The third-order valence-corrected chi connectivity index (χ3v) is 5.25. The molecule has 2 unspecified atom stereocenters. The molecule has 2 rings (SSSR count). The Morgan fingerprint density at radius 2 is 1.48 bits per heavy atom. The van der Waals surface area contributed by atoms with Crippen molar-refractivity contribution < 1.29 is 14.3 Å². The van der Waals surface area contributed by atoms with Gasteiger partial charge in [0, 0.05) is 0 Å². The number of unbranched alkanes of at least 4 members (excludes halogenated alkanes) is 2. The van der Waals surface area contributed by atoms with Gasteiger partial charge in [0.2, 0.25) is 0 Å². The lowest BCUT2D eigenvalue weighted by molar-refractivity contribution is -0.134. The van der Waals surface area contributed by atoms with Crippen LogP contribution in [-0.2, 0) is 4.79 Å². The van der Waals surface area contributed by atoms with E-state index in [1.165, 1.54) is 12.8 Å². The van der Waals surface area contributed by atoms with Crippen LogP contribution < -0.4 is 9.47 Å². The first-order chi connectivity index (χ1) is 13.0. The quantitative estimate of drug-likeness (QED) is 0.202. The molecule has 0 N–H and O–H groups in total. The fourth-order valence-corrected chi connectivity index (χ4v) is 2.84. The van der Waals surface area contributed by atoms with Crippen molar-refractivity contribution in [2.75, 3.05) is 6.61 Å². The van der Waals surface area contributed by atoms with Gasteiger partial charge in [-0.2, -0.15) is 0 Å². The van der Waals surface area contributed by atoms with Crippen molar-refractivity contribution in [2.45, 2.75) is 51.8 Å². The maximum absolute atomic E-state index is 12.1. The van der Waals surface area contributed by atoms with Gasteiger partial charge in [0.1, 0.15) is 16.9 Å². The van der Waals surface area contributed by atoms with E-state index in [4.69, 9.17) is 21.1 Å². The van der Waals surface area contributed by atoms with Gasteiger partial charge in [0.25, 0.3) is 0 Å². The summed E-state index contributed by atoms with van der Waals surface area (Å²) < 4.78 is 11.1. The lowest BCUT2D eigenvalue weighted by Gasteiger charge is -2.15. The molecular weight excluding hydrogens is 360 g/mol. The molecule has 0 heterocycles. The van der Waals surface area contributed by atoms with Crippen LogP contribution in [0.1, 0.15) is 46.5 Å². The SMILES string of the molecule is CCCCCOc1ccc(-c2ccc(OC(=O)C(Cl)C(C)CC)cc2)cc1. The first-order valence-electron chi connectivity index (χ1n) is 9.74. The molecule has 0 bridgehead atoms. The Morgan fingerprint density at radius 1 is 0.926 bits per heavy atom. The normalized spacial score (nSPS) is 13.0. The predicted molar refractivity (Wildman–Crippen MR) is 112 cm³/mol. The van der Waals surface area contributed by atoms with Crippen LogP contribution >= 0.6 is 11.6 Å². The molecule has 0 fully saturated rings. The second kappa shape index (κ2) is 11.0. The Morgan fingerprint density at radius 3 is 2.00 bits per heavy atom. The Hall–Kier alpha value is -2.00. The topological polar surface area (TPSA) is 35.5 Å². The van der Waals surface area contributed by atoms with Gasteiger partial charge in [0.15, 0.2) is 0 Å². The molecule has 0 radical (unpaired) electrons. The van der Waals surface area contributed by atoms with Crippen LogP contribution in [0.3, 0.4) is 0 Å². The van der Waals surface area contributed by atoms with E-state index in [-0.39, 0.29) is 5.92 Å². The summed E-state index contributed by atoms with van der Waals surface area (Å²) in [6, 6.07) is 15.5. The van der Waals surface area contributed by atoms with Crippen LogP contribution in [0.4, 0.5) is 0 Å². The van der Waals surface area contributed by atoms with E-state index < -0.39 is 11.3 Å². The van der Waals surface area contributed by atoms with E-state index in [2.05, 4.69) is 6.92 Å². The van der Waals surface area contributed by atoms with Crippen molar-refractivity contribution >= 4 is 17.6 Å². The molecule has 4 heteroatoms. The molecule has 0 aliphatic heterocycles. The number of halogens is 1. The number of carbonyl (C=O) groups is 1. The zero-order chi connectivity index (χ0) is 19.6. The zero-order valence-corrected chi connectivity index (χ0v) is 17.2. The summed E-state index contributed by atoms with van der Waals surface area (Å²) >= 11 is 6.14. The van der Waals surface area contributed by atoms with Gasteiger partial charge in [-0.15, -0.1) is 11.6 Å². The van der Waals surface area contributed by atoms with E-state index in [1.54, 1.807) is 12.1 Å². The van der Waals surface area contributed by atoms with E-state index in [9.17, 15) is 4.79 Å². The highest BCUT2D eigenvalue weighted by Gasteiger charge is 2.23. The van der Waals surface area contributed by atoms with Crippen molar-refractivity contribution in [1.82, 2.24) is 0 Å². The Kier molecular flexibility index (Phi) is 8.66. The number of rotatable bonds is 10. The van der Waals surface area contributed by atoms with E-state index in [0.29, 0.717) is 5.75 Å². The Labute approximate surface area is 167 Å². The Balaban J connectivity index is 1.93. The standard InChI is InChI=1S/C23H29ClO3/c1-4-6-7-16-26-20-12-8-18(9-13-20)19-10-14-21(15-11-19)27-23(25)22(24)17(3)5-2/h8-15,17,22H,4-7,16H2,1-3H3. The highest BCUT2D eigenvalue weighted by molar-refractivity contribution is 6.30. The van der Waals surface area contributed by atoms with E-state index in [1.807, 2.05) is 50.2 Å². The lowest BCUT2D eigenvalue weighted by Crippen LogP contribution is -2.26. The summed E-state index contributed by atoms with van der Waals surface area (Å²) in [5, 5.41) is -0.625. The first-order valence-corrected chi connectivity index (χ1v) is 10.2. The molecule has 0 saturated heterocycles. The summed E-state index contributed by atoms with van der Waals surface area (Å²) in [5.74, 6) is 1.08. The third-order valence-electron chi connectivity index (χ3n) is 4.65. The minimum Gasteiger partial charge on any atom is -0.494 e. The maximum atomic E-state index is 12.1. The highest BCUT2D eigenvalue weighted by Crippen LogP contribution is 2.25. The molecule has 2 aromatic rings. The Bertz CT molecular complexity index is 695. The van der Waals surface area contributed by atoms with Crippen molar-refractivity contribution in [3.05, 3.63) is 48.5 Å². The molecule has 0 aliphatic rings. The van der Waals surface area contributed by atoms with E-state index in [0.717, 1.165) is 36.3 Å². The minimum absolute atomic E-state index is 0.0844. The molecule has 2 aromatic carbocycles. The van der Waals surface area contributed by atoms with Crippen molar-refractivity contribution in [3.8, 4) is 22.6 Å². The molecule has 0 saturated carbocycles. The largest absolute Gasteiger partial charge is 0.494 e. The molecule has 27 heavy (non-hydrogen) atoms. The number of benzene rings is 2. The summed E-state index contributed by atoms with van der Waals surface area (Å²) in [5.41, 5.74) is 2.14. The molecule has 0 aliphatic carbocycles. The van der Waals surface area contributed by atoms with Gasteiger partial charge in [-0.05, 0) is 47.7 Å². The number of carbonyl (C=O) groups excluding carboxylic acids is 1. The summed E-state index contributed by atoms with van der Waals surface area (Å²) in [6.45, 7) is 6.88. The fourth-order valence-electron chi connectivity index (χ4n) is 2.61. The van der Waals surface area contributed by atoms with Crippen LogP contribution in [0.25, 0.3) is 11.1 Å². The molecular formula is C23H29ClO3. The summed E-state index contributed by atoms with van der Waals surface area (Å²) in [7, 11) is 0. The zero-order valence-electron chi connectivity index (χ0n) is 16.4. The molecule has 3 nitrogen and oxygen atoms in total. The second-order valence-electron chi connectivity index (χ2n) is 6.81. The molecule has 0 aromatic heterocycles. The third kappa shape index (κ3) is 6.59. The van der Waals surface area contributed by atoms with Gasteiger partial charge < -0.3 is 9.47 Å². The maximum Gasteiger partial charge on any atom is 0.329 e. The van der Waals surface area contributed by atoms with Crippen LogP contribution in [0.15, 0.2) is 48.5 Å². The first kappa shape index (κ1) is 21.3. The van der Waals surface area contributed by atoms with Crippen LogP contribution in [-0.4, -0.2) is 18.0 Å². The average Bonchev–Trinajstić information content (AvgIpc) is 2.71. The molecule has 2 atom stereocenters. The van der Waals surface area contributed by atoms with Gasteiger partial charge in [0.05, 0.1) is 6.61 Å². The van der Waals surface area contributed by atoms with Gasteiger partial charge >= 0.3 is 5.97 Å². The van der Waals surface area contributed by atoms with Crippen LogP contribution in [0, 0.1) is 5.92 Å². The average molecular weight is 389 g/mol. The van der Waals surface area contributed by atoms with Crippen molar-refractivity contribution in [1.29, 1.82) is 0 Å². The minimum atomic E-state index is -0.625. The monoisotopic (exact) mass is 388 g/mol. The second-order valence-corrected chi connectivity index (χ2v) is 7.28. The van der Waals surface area contributed by atoms with Gasteiger partial charge in [-0.25, -0.2) is 0 Å². The number of hydrogen-bond acceptors (Lipinski definition) is 3. The van der Waals surface area contributed by atoms with Crippen molar-refractivity contribution in [3.63, 3.8) is 0 Å². The number of alkyl halides is 1. The summed E-state index contributed by atoms with van der Waals surface area (Å²) in [6.07, 6.45) is 4.30. The predicted octanol–water partition coefficient (Wildman–Crippen LogP) is 6.48.